The van der Waals surface area contributed by atoms with Crippen molar-refractivity contribution in [2.45, 2.75) is 19.8 Å². The average molecular weight is 458 g/mol. The Kier molecular flexibility index (Phi) is 7.38. The zero-order valence-corrected chi connectivity index (χ0v) is 18.6. The van der Waals surface area contributed by atoms with Crippen LogP contribution >= 0.6 is 0 Å². The molecule has 0 aliphatic rings. The Balaban J connectivity index is 1.96. The van der Waals surface area contributed by atoms with Gasteiger partial charge >= 0.3 is 5.92 Å². The van der Waals surface area contributed by atoms with E-state index in [9.17, 15) is 13.6 Å². The van der Waals surface area contributed by atoms with E-state index in [1.54, 1.807) is 25.6 Å². The van der Waals surface area contributed by atoms with Gasteiger partial charge in [-0.15, -0.1) is 0 Å². The molecule has 0 aromatic carbocycles. The fraction of sp³-hybridized carbons (Fsp3) is 0.333. The van der Waals surface area contributed by atoms with Gasteiger partial charge in [0.1, 0.15) is 17.5 Å². The molecular formula is C21H24F2N8O2. The van der Waals surface area contributed by atoms with E-state index in [-0.39, 0.29) is 17.5 Å². The summed E-state index contributed by atoms with van der Waals surface area (Å²) in [5.41, 5.74) is 1.46. The van der Waals surface area contributed by atoms with Gasteiger partial charge in [-0.1, -0.05) is 0 Å². The summed E-state index contributed by atoms with van der Waals surface area (Å²) in [5, 5.41) is 5.58. The van der Waals surface area contributed by atoms with E-state index in [2.05, 4.69) is 35.6 Å². The van der Waals surface area contributed by atoms with Crippen molar-refractivity contribution in [3.05, 3.63) is 42.7 Å². The van der Waals surface area contributed by atoms with Crippen molar-refractivity contribution in [1.29, 1.82) is 0 Å². The zero-order chi connectivity index (χ0) is 24.0. The number of amides is 1. The highest BCUT2D eigenvalue weighted by Gasteiger charge is 2.28. The van der Waals surface area contributed by atoms with Gasteiger partial charge in [0.05, 0.1) is 30.4 Å². The number of ether oxygens (including phenoxy) is 1. The van der Waals surface area contributed by atoms with Crippen LogP contribution < -0.4 is 15.5 Å². The number of hydrogen-bond donors (Lipinski definition) is 2. The highest BCUT2D eigenvalue weighted by Crippen LogP contribution is 2.31. The van der Waals surface area contributed by atoms with E-state index < -0.39 is 11.7 Å². The number of halogens is 2. The van der Waals surface area contributed by atoms with Crippen molar-refractivity contribution in [1.82, 2.24) is 24.9 Å². The van der Waals surface area contributed by atoms with Crippen LogP contribution in [-0.2, 0) is 15.5 Å². The lowest BCUT2D eigenvalue weighted by Gasteiger charge is -2.18. The minimum atomic E-state index is -3.20. The summed E-state index contributed by atoms with van der Waals surface area (Å²) >= 11 is 0. The van der Waals surface area contributed by atoms with Crippen LogP contribution in [-0.4, -0.2) is 58.1 Å². The monoisotopic (exact) mass is 458 g/mol. The number of anilines is 4. The van der Waals surface area contributed by atoms with Crippen LogP contribution in [0.15, 0.2) is 36.9 Å². The third-order valence-electron chi connectivity index (χ3n) is 4.46. The van der Waals surface area contributed by atoms with Gasteiger partial charge in [-0.2, -0.15) is 8.78 Å². The maximum Gasteiger partial charge on any atom is 0.303 e. The summed E-state index contributed by atoms with van der Waals surface area (Å²) in [7, 11) is 3.49. The number of aromatic nitrogens is 5. The smallest absolute Gasteiger partial charge is 0.303 e. The highest BCUT2D eigenvalue weighted by molar-refractivity contribution is 5.89. The van der Waals surface area contributed by atoms with Crippen molar-refractivity contribution in [3.63, 3.8) is 0 Å². The molecule has 3 aromatic rings. The second-order valence-electron chi connectivity index (χ2n) is 7.25. The van der Waals surface area contributed by atoms with Gasteiger partial charge in [0, 0.05) is 58.6 Å². The molecule has 0 radical (unpaired) electrons. The number of carbonyl (C=O) groups excluding carboxylic acids is 1. The lowest BCUT2D eigenvalue weighted by molar-refractivity contribution is -0.114. The van der Waals surface area contributed by atoms with Crippen LogP contribution in [0.3, 0.4) is 0 Å². The number of nitrogens with one attached hydrogen (secondary N) is 2. The number of methoxy groups -OCH3 is 1. The first-order valence-corrected chi connectivity index (χ1v) is 9.96. The Morgan fingerprint density at radius 2 is 1.94 bits per heavy atom. The first kappa shape index (κ1) is 23.9. The molecular weight excluding hydrogens is 434 g/mol. The number of hydrogen-bond acceptors (Lipinski definition) is 9. The topological polar surface area (TPSA) is 118 Å². The molecule has 2 N–H and O–H groups in total. The first-order valence-electron chi connectivity index (χ1n) is 9.96. The van der Waals surface area contributed by atoms with Crippen molar-refractivity contribution >= 4 is 29.0 Å². The van der Waals surface area contributed by atoms with Gasteiger partial charge in [0.2, 0.25) is 11.7 Å². The van der Waals surface area contributed by atoms with Crippen LogP contribution in [0.5, 0.6) is 0 Å². The van der Waals surface area contributed by atoms with E-state index in [1.165, 1.54) is 25.4 Å². The van der Waals surface area contributed by atoms with Gasteiger partial charge in [-0.3, -0.25) is 9.78 Å². The van der Waals surface area contributed by atoms with Crippen LogP contribution in [0.4, 0.5) is 31.9 Å². The molecule has 0 saturated carbocycles. The fourth-order valence-electron chi connectivity index (χ4n) is 2.79. The molecule has 3 aromatic heterocycles. The number of rotatable bonds is 9. The minimum absolute atomic E-state index is 0.145. The summed E-state index contributed by atoms with van der Waals surface area (Å²) in [4.78, 5) is 34.0. The zero-order valence-electron chi connectivity index (χ0n) is 18.6. The van der Waals surface area contributed by atoms with Crippen molar-refractivity contribution in [2.75, 3.05) is 42.8 Å². The molecule has 0 aliphatic heterocycles. The molecule has 3 rings (SSSR count). The Morgan fingerprint density at radius 1 is 1.15 bits per heavy atom. The third kappa shape index (κ3) is 6.35. The van der Waals surface area contributed by atoms with Crippen LogP contribution in [0.1, 0.15) is 19.7 Å². The second kappa shape index (κ2) is 10.2. The highest BCUT2D eigenvalue weighted by atomic mass is 19.3. The Bertz CT molecular complexity index is 1110. The molecule has 0 bridgehead atoms. The SMILES string of the molecule is COCCN(C)c1cnc(-c2cnc(NC(C)=O)cc2Nc2ccnc(C(C)(F)F)n2)cn1. The first-order chi connectivity index (χ1) is 15.7. The van der Waals surface area contributed by atoms with Crippen LogP contribution in [0.2, 0.25) is 0 Å². The van der Waals surface area contributed by atoms with E-state index in [4.69, 9.17) is 4.74 Å². The maximum absolute atomic E-state index is 13.7. The second-order valence-corrected chi connectivity index (χ2v) is 7.25. The molecule has 33 heavy (non-hydrogen) atoms. The summed E-state index contributed by atoms with van der Waals surface area (Å²) in [5.74, 6) is -3.05. The molecule has 1 amide bonds. The van der Waals surface area contributed by atoms with E-state index in [0.717, 1.165) is 6.92 Å². The maximum atomic E-state index is 13.7. The van der Waals surface area contributed by atoms with Gasteiger partial charge in [0.15, 0.2) is 0 Å². The van der Waals surface area contributed by atoms with Crippen LogP contribution in [0, 0.1) is 0 Å². The quantitative estimate of drug-likeness (QED) is 0.498. The number of likely N-dealkylation sites (N-methyl/N-ethyl adjacent to an activating group) is 1. The Hall–Kier alpha value is -3.80. The Morgan fingerprint density at radius 3 is 2.58 bits per heavy atom. The molecule has 12 heteroatoms. The van der Waals surface area contributed by atoms with E-state index >= 15 is 0 Å². The van der Waals surface area contributed by atoms with E-state index in [1.807, 2.05) is 11.9 Å². The van der Waals surface area contributed by atoms with Gasteiger partial charge < -0.3 is 20.3 Å². The fourth-order valence-corrected chi connectivity index (χ4v) is 2.79. The van der Waals surface area contributed by atoms with Crippen molar-refractivity contribution in [3.8, 4) is 11.3 Å². The average Bonchev–Trinajstić information content (AvgIpc) is 2.77. The van der Waals surface area contributed by atoms with E-state index in [0.29, 0.717) is 35.9 Å². The lowest BCUT2D eigenvalue weighted by atomic mass is 10.1. The number of nitrogens with zero attached hydrogens (tertiary/aromatic N) is 6. The molecule has 0 aliphatic carbocycles. The molecule has 174 valence electrons. The lowest BCUT2D eigenvalue weighted by Crippen LogP contribution is -2.23. The molecule has 0 atom stereocenters. The standard InChI is InChI=1S/C21H24F2N8O2/c1-13(32)28-18-9-15(29-17-5-6-24-20(30-17)21(2,22)23)14(10-26-18)16-11-27-19(12-25-16)31(3)7-8-33-4/h5-6,9-12H,7-8H2,1-4H3,(H2,24,26,28,29,30,32). The van der Waals surface area contributed by atoms with Crippen molar-refractivity contribution < 1.29 is 18.3 Å². The molecule has 0 saturated heterocycles. The number of alkyl halides is 2. The summed E-state index contributed by atoms with van der Waals surface area (Å²) in [6.45, 7) is 3.26. The predicted octanol–water partition coefficient (Wildman–Crippen LogP) is 3.22. The molecule has 0 unspecified atom stereocenters. The molecule has 10 nitrogen and oxygen atoms in total. The number of pyridine rings is 1. The molecule has 0 spiro atoms. The molecule has 0 fully saturated rings. The summed E-state index contributed by atoms with van der Waals surface area (Å²) in [6.07, 6.45) is 5.92. The third-order valence-corrected chi connectivity index (χ3v) is 4.46. The minimum Gasteiger partial charge on any atom is -0.383 e. The number of carbonyl (C=O) groups is 1. The van der Waals surface area contributed by atoms with Crippen molar-refractivity contribution in [2.24, 2.45) is 0 Å². The van der Waals surface area contributed by atoms with Crippen LogP contribution in [0.25, 0.3) is 11.3 Å². The van der Waals surface area contributed by atoms with Gasteiger partial charge in [0.25, 0.3) is 0 Å². The molecule has 3 heterocycles. The van der Waals surface area contributed by atoms with Gasteiger partial charge in [-0.05, 0) is 6.07 Å². The summed E-state index contributed by atoms with van der Waals surface area (Å²) in [6, 6.07) is 3.01. The normalized spacial score (nSPS) is 11.2. The Labute approximate surface area is 189 Å². The largest absolute Gasteiger partial charge is 0.383 e. The summed E-state index contributed by atoms with van der Waals surface area (Å²) < 4.78 is 32.4. The van der Waals surface area contributed by atoms with Gasteiger partial charge in [-0.25, -0.2) is 19.9 Å². The predicted molar refractivity (Wildman–Crippen MR) is 120 cm³/mol.